The number of carbonyl (C=O) groups excluding carboxylic acids is 2. The number of aromatic nitrogens is 1. The van der Waals surface area contributed by atoms with E-state index in [1.54, 1.807) is 26.0 Å². The van der Waals surface area contributed by atoms with Crippen molar-refractivity contribution in [3.8, 4) is 11.3 Å². The van der Waals surface area contributed by atoms with Crippen LogP contribution in [0.15, 0.2) is 34.9 Å². The van der Waals surface area contributed by atoms with E-state index in [0.29, 0.717) is 30.0 Å². The Morgan fingerprint density at radius 2 is 2.00 bits per heavy atom. The average molecular weight is 406 g/mol. The summed E-state index contributed by atoms with van der Waals surface area (Å²) >= 11 is 0. The highest BCUT2D eigenvalue weighted by Crippen LogP contribution is 2.26. The maximum absolute atomic E-state index is 12.6. The van der Waals surface area contributed by atoms with Gasteiger partial charge in [-0.3, -0.25) is 4.79 Å². The molecular formula is C19H22N2O6S. The van der Waals surface area contributed by atoms with E-state index in [1.165, 1.54) is 4.90 Å². The van der Waals surface area contributed by atoms with Gasteiger partial charge in [0.25, 0.3) is 5.91 Å². The highest BCUT2D eigenvalue weighted by Gasteiger charge is 2.34. The zero-order valence-corrected chi connectivity index (χ0v) is 16.6. The van der Waals surface area contributed by atoms with E-state index < -0.39 is 28.3 Å². The zero-order valence-electron chi connectivity index (χ0n) is 15.8. The Morgan fingerprint density at radius 3 is 2.61 bits per heavy atom. The van der Waals surface area contributed by atoms with Crippen LogP contribution in [0.3, 0.4) is 0 Å². The fourth-order valence-corrected chi connectivity index (χ4v) is 5.08. The van der Waals surface area contributed by atoms with Crippen LogP contribution >= 0.6 is 0 Å². The predicted molar refractivity (Wildman–Crippen MR) is 101 cm³/mol. The lowest BCUT2D eigenvalue weighted by Crippen LogP contribution is -2.43. The average Bonchev–Trinajstić information content (AvgIpc) is 3.23. The largest absolute Gasteiger partial charge is 0.452 e. The maximum atomic E-state index is 12.6. The Morgan fingerprint density at radius 1 is 1.29 bits per heavy atom. The van der Waals surface area contributed by atoms with Crippen molar-refractivity contribution in [2.24, 2.45) is 0 Å². The summed E-state index contributed by atoms with van der Waals surface area (Å²) in [5, 5.41) is 3.93. The molecule has 1 atom stereocenters. The van der Waals surface area contributed by atoms with Crippen molar-refractivity contribution in [2.75, 3.05) is 24.7 Å². The molecule has 150 valence electrons. The summed E-state index contributed by atoms with van der Waals surface area (Å²) in [5.74, 6) is -0.815. The van der Waals surface area contributed by atoms with Gasteiger partial charge < -0.3 is 14.2 Å². The zero-order chi connectivity index (χ0) is 20.3. The Balaban J connectivity index is 1.69. The van der Waals surface area contributed by atoms with Gasteiger partial charge in [-0.2, -0.15) is 0 Å². The number of rotatable bonds is 6. The van der Waals surface area contributed by atoms with Gasteiger partial charge in [-0.05, 0) is 20.3 Å². The van der Waals surface area contributed by atoms with Crippen molar-refractivity contribution >= 4 is 21.7 Å². The Bertz CT molecular complexity index is 968. The SMILES string of the molecule is CCN(C(=O)COC(=O)c1c(-c2ccccc2)noc1C)[C@@H]1CCS(=O)(=O)C1. The minimum atomic E-state index is -3.12. The second-order valence-electron chi connectivity index (χ2n) is 6.64. The Labute approximate surface area is 163 Å². The highest BCUT2D eigenvalue weighted by atomic mass is 32.2. The first-order valence-electron chi connectivity index (χ1n) is 9.01. The minimum Gasteiger partial charge on any atom is -0.452 e. The molecule has 1 amide bonds. The topological polar surface area (TPSA) is 107 Å². The fraction of sp³-hybridized carbons (Fsp3) is 0.421. The molecule has 9 heteroatoms. The highest BCUT2D eigenvalue weighted by molar-refractivity contribution is 7.91. The molecule has 1 aliphatic rings. The van der Waals surface area contributed by atoms with Crippen LogP contribution in [0.4, 0.5) is 0 Å². The van der Waals surface area contributed by atoms with Crippen LogP contribution in [0.5, 0.6) is 0 Å². The van der Waals surface area contributed by atoms with E-state index in [2.05, 4.69) is 5.16 Å². The smallest absolute Gasteiger partial charge is 0.344 e. The van der Waals surface area contributed by atoms with Crippen molar-refractivity contribution in [2.45, 2.75) is 26.3 Å². The summed E-state index contributed by atoms with van der Waals surface area (Å²) in [5.41, 5.74) is 1.22. The van der Waals surface area contributed by atoms with Crippen molar-refractivity contribution in [1.29, 1.82) is 0 Å². The van der Waals surface area contributed by atoms with Crippen molar-refractivity contribution in [3.05, 3.63) is 41.7 Å². The first kappa shape index (κ1) is 20.1. The van der Waals surface area contributed by atoms with Crippen LogP contribution < -0.4 is 0 Å². The third-order valence-corrected chi connectivity index (χ3v) is 6.50. The van der Waals surface area contributed by atoms with Crippen molar-refractivity contribution < 1.29 is 27.3 Å². The van der Waals surface area contributed by atoms with Gasteiger partial charge in [0.15, 0.2) is 16.4 Å². The number of sulfone groups is 1. The van der Waals surface area contributed by atoms with Crippen molar-refractivity contribution in [1.82, 2.24) is 10.1 Å². The molecule has 1 aromatic heterocycles. The summed E-state index contributed by atoms with van der Waals surface area (Å²) in [4.78, 5) is 26.5. The number of nitrogens with zero attached hydrogens (tertiary/aromatic N) is 2. The van der Waals surface area contributed by atoms with Crippen LogP contribution in [-0.4, -0.2) is 61.1 Å². The van der Waals surface area contributed by atoms with E-state index in [0.717, 1.165) is 0 Å². The fourth-order valence-electron chi connectivity index (χ4n) is 3.35. The number of likely N-dealkylation sites (N-methyl/N-ethyl adjacent to an activating group) is 1. The van der Waals surface area contributed by atoms with Gasteiger partial charge in [-0.1, -0.05) is 35.5 Å². The summed E-state index contributed by atoms with van der Waals surface area (Å²) in [7, 11) is -3.12. The van der Waals surface area contributed by atoms with Gasteiger partial charge in [0, 0.05) is 18.2 Å². The molecular weight excluding hydrogens is 384 g/mol. The number of esters is 1. The number of amides is 1. The summed E-state index contributed by atoms with van der Waals surface area (Å²) < 4.78 is 33.7. The maximum Gasteiger partial charge on any atom is 0.344 e. The van der Waals surface area contributed by atoms with E-state index in [1.807, 2.05) is 18.2 Å². The van der Waals surface area contributed by atoms with Gasteiger partial charge in [0.2, 0.25) is 0 Å². The third kappa shape index (κ3) is 4.24. The first-order valence-corrected chi connectivity index (χ1v) is 10.8. The first-order chi connectivity index (χ1) is 13.3. The molecule has 0 bridgehead atoms. The number of ether oxygens (including phenoxy) is 1. The monoisotopic (exact) mass is 406 g/mol. The molecule has 0 unspecified atom stereocenters. The second-order valence-corrected chi connectivity index (χ2v) is 8.87. The van der Waals surface area contributed by atoms with Gasteiger partial charge in [0.1, 0.15) is 17.0 Å². The number of hydrogen-bond donors (Lipinski definition) is 0. The van der Waals surface area contributed by atoms with E-state index in [9.17, 15) is 18.0 Å². The molecule has 2 heterocycles. The van der Waals surface area contributed by atoms with Crippen LogP contribution in [0.25, 0.3) is 11.3 Å². The quantitative estimate of drug-likeness (QED) is 0.674. The van der Waals surface area contributed by atoms with Gasteiger partial charge >= 0.3 is 5.97 Å². The number of benzene rings is 1. The van der Waals surface area contributed by atoms with Crippen molar-refractivity contribution in [3.63, 3.8) is 0 Å². The summed E-state index contributed by atoms with van der Waals surface area (Å²) in [6, 6.07) is 8.67. The molecule has 8 nitrogen and oxygen atoms in total. The molecule has 2 aromatic rings. The molecule has 1 aromatic carbocycles. The van der Waals surface area contributed by atoms with Gasteiger partial charge in [-0.15, -0.1) is 0 Å². The molecule has 0 aliphatic carbocycles. The standard InChI is InChI=1S/C19H22N2O6S/c1-3-21(15-9-10-28(24,25)12-15)16(22)11-26-19(23)17-13(2)27-20-18(17)14-7-5-4-6-8-14/h4-8,15H,3,9-12H2,1-2H3/t15-/m1/s1. The predicted octanol–water partition coefficient (Wildman–Crippen LogP) is 1.84. The molecule has 0 saturated carbocycles. The Hall–Kier alpha value is -2.68. The minimum absolute atomic E-state index is 0.0521. The summed E-state index contributed by atoms with van der Waals surface area (Å²) in [6.45, 7) is 3.24. The van der Waals surface area contributed by atoms with Gasteiger partial charge in [0.05, 0.1) is 11.5 Å². The lowest BCUT2D eigenvalue weighted by atomic mass is 10.1. The lowest BCUT2D eigenvalue weighted by molar-refractivity contribution is -0.136. The normalized spacial score (nSPS) is 18.0. The molecule has 1 aliphatic heterocycles. The van der Waals surface area contributed by atoms with Crippen LogP contribution in [-0.2, 0) is 19.4 Å². The van der Waals surface area contributed by atoms with Crippen LogP contribution in [0, 0.1) is 6.92 Å². The molecule has 0 spiro atoms. The van der Waals surface area contributed by atoms with E-state index in [4.69, 9.17) is 9.26 Å². The Kier molecular flexibility index (Phi) is 5.83. The number of carbonyl (C=O) groups is 2. The molecule has 1 saturated heterocycles. The molecule has 0 radical (unpaired) electrons. The summed E-state index contributed by atoms with van der Waals surface area (Å²) in [6.07, 6.45) is 0.402. The van der Waals surface area contributed by atoms with E-state index >= 15 is 0 Å². The van der Waals surface area contributed by atoms with Gasteiger partial charge in [-0.25, -0.2) is 13.2 Å². The molecule has 28 heavy (non-hydrogen) atoms. The molecule has 3 rings (SSSR count). The number of hydrogen-bond acceptors (Lipinski definition) is 7. The molecule has 1 fully saturated rings. The molecule has 0 N–H and O–H groups in total. The number of aryl methyl sites for hydroxylation is 1. The van der Waals surface area contributed by atoms with Crippen LogP contribution in [0.2, 0.25) is 0 Å². The van der Waals surface area contributed by atoms with E-state index in [-0.39, 0.29) is 23.1 Å². The third-order valence-electron chi connectivity index (χ3n) is 4.75. The lowest BCUT2D eigenvalue weighted by Gasteiger charge is -2.26. The van der Waals surface area contributed by atoms with Crippen LogP contribution in [0.1, 0.15) is 29.5 Å². The second kappa shape index (κ2) is 8.14.